The molecular formula is C61H105NO18. The van der Waals surface area contributed by atoms with E-state index in [-0.39, 0.29) is 18.9 Å². The minimum Gasteiger partial charge on any atom is -0.394 e. The summed E-state index contributed by atoms with van der Waals surface area (Å²) in [6, 6.07) is -0.982. The van der Waals surface area contributed by atoms with Crippen molar-refractivity contribution < 1.29 is 89.4 Å². The largest absolute Gasteiger partial charge is 0.394 e. The number of carbonyl (C=O) groups is 1. The smallest absolute Gasteiger partial charge is 0.220 e. The molecule has 0 aromatic carbocycles. The van der Waals surface area contributed by atoms with Gasteiger partial charge in [0.05, 0.1) is 38.6 Å². The Balaban J connectivity index is 1.48. The molecule has 3 aliphatic rings. The van der Waals surface area contributed by atoms with E-state index in [2.05, 4.69) is 79.9 Å². The second-order valence-electron chi connectivity index (χ2n) is 21.4. The topological polar surface area (TPSA) is 307 Å². The summed E-state index contributed by atoms with van der Waals surface area (Å²) < 4.78 is 34.2. The molecule has 17 atom stereocenters. The van der Waals surface area contributed by atoms with Gasteiger partial charge in [0, 0.05) is 6.42 Å². The number of amides is 1. The number of ether oxygens (including phenoxy) is 6. The van der Waals surface area contributed by atoms with Crippen molar-refractivity contribution in [3.8, 4) is 0 Å². The van der Waals surface area contributed by atoms with Gasteiger partial charge in [0.25, 0.3) is 0 Å². The van der Waals surface area contributed by atoms with Gasteiger partial charge in [0.2, 0.25) is 5.91 Å². The second-order valence-corrected chi connectivity index (χ2v) is 21.4. The van der Waals surface area contributed by atoms with Crippen LogP contribution in [0.5, 0.6) is 0 Å². The Hall–Kier alpha value is -2.77. The van der Waals surface area contributed by atoms with Crippen molar-refractivity contribution in [3.05, 3.63) is 72.9 Å². The van der Waals surface area contributed by atoms with E-state index >= 15 is 0 Å². The molecule has 0 bridgehead atoms. The number of rotatable bonds is 43. The van der Waals surface area contributed by atoms with Crippen LogP contribution in [0.15, 0.2) is 72.9 Å². The summed E-state index contributed by atoms with van der Waals surface area (Å²) in [5, 5.41) is 120. The molecule has 0 aromatic rings. The zero-order valence-electron chi connectivity index (χ0n) is 48.0. The van der Waals surface area contributed by atoms with Gasteiger partial charge in [-0.25, -0.2) is 0 Å². The number of carbonyl (C=O) groups excluding carboxylic acids is 1. The van der Waals surface area contributed by atoms with E-state index in [1.54, 1.807) is 6.08 Å². The fourth-order valence-corrected chi connectivity index (χ4v) is 9.80. The van der Waals surface area contributed by atoms with Crippen LogP contribution in [0.25, 0.3) is 0 Å². The highest BCUT2D eigenvalue weighted by Crippen LogP contribution is 2.33. The number of allylic oxidation sites excluding steroid dienone is 11. The first-order valence-electron chi connectivity index (χ1n) is 30.2. The van der Waals surface area contributed by atoms with E-state index in [1.807, 2.05) is 6.08 Å². The van der Waals surface area contributed by atoms with Crippen LogP contribution in [0.4, 0.5) is 0 Å². The van der Waals surface area contributed by atoms with Crippen molar-refractivity contribution in [2.75, 3.05) is 26.4 Å². The standard InChI is InChI=1S/C61H105NO18/c1-3-5-7-9-11-13-15-17-18-19-20-21-22-23-24-25-26-27-29-31-33-35-37-39-49(67)62-44(45(66)38-36-34-32-30-28-16-14-12-10-8-6-4-2)43-75-59-55(73)52(70)57(47(41-64)77-59)80-61-56(74)53(71)58(48(42-65)78-61)79-60-54(72)51(69)50(68)46(40-63)76-60/h5,7,11,13,17-18,20-21,23-24,36,38,44-48,50-61,63-66,68-74H,3-4,6,8-10,12,14-16,19,22,25-35,37,39-43H2,1-2H3,(H,62,67)/b7-5-,13-11-,18-17-,21-20-,24-23-,38-36+. The normalized spacial score (nSPS) is 30.5. The molecule has 80 heavy (non-hydrogen) atoms. The van der Waals surface area contributed by atoms with Crippen molar-refractivity contribution in [2.24, 2.45) is 0 Å². The van der Waals surface area contributed by atoms with E-state index < -0.39 is 124 Å². The molecule has 19 heteroatoms. The summed E-state index contributed by atoms with van der Waals surface area (Å²) in [5.41, 5.74) is 0. The molecule has 3 saturated heterocycles. The highest BCUT2D eigenvalue weighted by molar-refractivity contribution is 5.76. The lowest BCUT2D eigenvalue weighted by Crippen LogP contribution is -2.66. The molecule has 3 heterocycles. The lowest BCUT2D eigenvalue weighted by atomic mass is 9.96. The van der Waals surface area contributed by atoms with Crippen molar-refractivity contribution in [3.63, 3.8) is 0 Å². The maximum Gasteiger partial charge on any atom is 0.220 e. The molecule has 462 valence electrons. The highest BCUT2D eigenvalue weighted by Gasteiger charge is 2.53. The second kappa shape index (κ2) is 43.8. The molecule has 19 nitrogen and oxygen atoms in total. The van der Waals surface area contributed by atoms with Gasteiger partial charge in [-0.2, -0.15) is 0 Å². The molecule has 3 aliphatic heterocycles. The van der Waals surface area contributed by atoms with Gasteiger partial charge < -0.3 is 89.9 Å². The molecule has 0 spiro atoms. The Labute approximate surface area is 477 Å². The predicted molar refractivity (Wildman–Crippen MR) is 305 cm³/mol. The van der Waals surface area contributed by atoms with E-state index in [0.29, 0.717) is 6.42 Å². The molecule has 0 saturated carbocycles. The van der Waals surface area contributed by atoms with Crippen LogP contribution in [-0.4, -0.2) is 193 Å². The molecule has 0 aliphatic carbocycles. The van der Waals surface area contributed by atoms with Crippen LogP contribution in [0.2, 0.25) is 0 Å². The Morgan fingerprint density at radius 1 is 0.463 bits per heavy atom. The van der Waals surface area contributed by atoms with Crippen LogP contribution in [0, 0.1) is 0 Å². The number of aliphatic hydroxyl groups is 11. The molecule has 17 unspecified atom stereocenters. The molecule has 3 rings (SSSR count). The third-order valence-corrected chi connectivity index (χ3v) is 14.8. The average Bonchev–Trinajstić information content (AvgIpc) is 3.45. The van der Waals surface area contributed by atoms with Crippen LogP contribution in [0.3, 0.4) is 0 Å². The minimum atomic E-state index is -1.98. The lowest BCUT2D eigenvalue weighted by molar-refractivity contribution is -0.379. The minimum absolute atomic E-state index is 0.226. The van der Waals surface area contributed by atoms with Crippen LogP contribution in [0.1, 0.15) is 174 Å². The summed E-state index contributed by atoms with van der Waals surface area (Å²) in [6.45, 7) is 1.56. The number of unbranched alkanes of at least 4 members (excludes halogenated alkanes) is 17. The monoisotopic (exact) mass is 1140 g/mol. The van der Waals surface area contributed by atoms with Gasteiger partial charge in [-0.1, -0.05) is 177 Å². The lowest BCUT2D eigenvalue weighted by Gasteiger charge is -2.48. The summed E-state index contributed by atoms with van der Waals surface area (Å²) in [4.78, 5) is 13.3. The van der Waals surface area contributed by atoms with Gasteiger partial charge in [-0.15, -0.1) is 0 Å². The Bertz CT molecular complexity index is 1740. The molecule has 12 N–H and O–H groups in total. The first kappa shape index (κ1) is 71.5. The molecule has 3 fully saturated rings. The van der Waals surface area contributed by atoms with Crippen molar-refractivity contribution in [1.82, 2.24) is 5.32 Å². The predicted octanol–water partition coefficient (Wildman–Crippen LogP) is 5.43. The third-order valence-electron chi connectivity index (χ3n) is 14.8. The maximum absolute atomic E-state index is 13.3. The number of nitrogens with one attached hydrogen (secondary N) is 1. The molecular weight excluding hydrogens is 1030 g/mol. The summed E-state index contributed by atoms with van der Waals surface area (Å²) >= 11 is 0. The summed E-state index contributed by atoms with van der Waals surface area (Å²) in [6.07, 6.45) is 24.5. The van der Waals surface area contributed by atoms with Crippen LogP contribution >= 0.6 is 0 Å². The van der Waals surface area contributed by atoms with Crippen molar-refractivity contribution in [1.29, 1.82) is 0 Å². The van der Waals surface area contributed by atoms with Crippen LogP contribution in [-0.2, 0) is 33.2 Å². The molecule has 1 amide bonds. The first-order chi connectivity index (χ1) is 38.8. The zero-order chi connectivity index (χ0) is 58.3. The average molecular weight is 1140 g/mol. The van der Waals surface area contributed by atoms with Crippen LogP contribution < -0.4 is 5.32 Å². The van der Waals surface area contributed by atoms with E-state index in [9.17, 15) is 61.0 Å². The molecule has 0 aromatic heterocycles. The Morgan fingerprint density at radius 3 is 1.35 bits per heavy atom. The Kier molecular flexibility index (Phi) is 39.2. The zero-order valence-corrected chi connectivity index (χ0v) is 48.0. The van der Waals surface area contributed by atoms with E-state index in [4.69, 9.17) is 28.4 Å². The number of aliphatic hydroxyl groups excluding tert-OH is 11. The van der Waals surface area contributed by atoms with Gasteiger partial charge >= 0.3 is 0 Å². The number of hydrogen-bond donors (Lipinski definition) is 12. The highest BCUT2D eigenvalue weighted by atomic mass is 16.8. The van der Waals surface area contributed by atoms with Gasteiger partial charge in [0.15, 0.2) is 18.9 Å². The fourth-order valence-electron chi connectivity index (χ4n) is 9.80. The van der Waals surface area contributed by atoms with E-state index in [1.165, 1.54) is 44.9 Å². The van der Waals surface area contributed by atoms with Gasteiger partial charge in [-0.3, -0.25) is 4.79 Å². The third kappa shape index (κ3) is 27.3. The fraction of sp³-hybridized carbons (Fsp3) is 0.787. The van der Waals surface area contributed by atoms with Gasteiger partial charge in [0.1, 0.15) is 73.2 Å². The summed E-state index contributed by atoms with van der Waals surface area (Å²) in [5.74, 6) is -0.292. The first-order valence-corrected chi connectivity index (χ1v) is 30.2. The SMILES string of the molecule is CC/C=C\C/C=C\C/C=C\C/C=C\C/C=C\CCCCCCCCCC(=O)NC(COC1OC(CO)C(OC2OC(CO)C(OC3OC(CO)C(O)C(O)C3O)C(O)C2O)C(O)C1O)C(O)/C=C/CCCCCCCCCCCC. The quantitative estimate of drug-likeness (QED) is 0.0268. The maximum atomic E-state index is 13.3. The van der Waals surface area contributed by atoms with Gasteiger partial charge in [-0.05, 0) is 64.2 Å². The molecule has 0 radical (unpaired) electrons. The summed E-state index contributed by atoms with van der Waals surface area (Å²) in [7, 11) is 0. The number of hydrogen-bond acceptors (Lipinski definition) is 18. The van der Waals surface area contributed by atoms with Crippen molar-refractivity contribution >= 4 is 5.91 Å². The Morgan fingerprint density at radius 2 is 0.863 bits per heavy atom. The van der Waals surface area contributed by atoms with E-state index in [0.717, 1.165) is 103 Å². The van der Waals surface area contributed by atoms with Crippen molar-refractivity contribution in [2.45, 2.75) is 279 Å².